The van der Waals surface area contributed by atoms with Crippen molar-refractivity contribution >= 4 is 33.4 Å². The molecule has 0 saturated heterocycles. The number of benzene rings is 3. The van der Waals surface area contributed by atoms with Crippen LogP contribution in [0.1, 0.15) is 17.2 Å². The molecule has 0 heterocycles. The van der Waals surface area contributed by atoms with E-state index >= 15 is 0 Å². The molecule has 0 spiro atoms. The highest BCUT2D eigenvalue weighted by molar-refractivity contribution is 14.1. The molecule has 0 bridgehead atoms. The molecule has 1 N–H and O–H groups in total. The van der Waals surface area contributed by atoms with Gasteiger partial charge >= 0.3 is 0 Å². The largest absolute Gasteiger partial charge is 0.309 e. The fraction of sp³-hybridized carbons (Fsp3) is 0.111. The summed E-state index contributed by atoms with van der Waals surface area (Å²) in [5.74, 6) is -0.174. The van der Waals surface area contributed by atoms with Crippen LogP contribution in [0.15, 0.2) is 60.7 Å². The van der Waals surface area contributed by atoms with Crippen LogP contribution in [-0.2, 0) is 0 Å². The Labute approximate surface area is 137 Å². The predicted octanol–water partition coefficient (Wildman–Crippen LogP) is 4.89. The Kier molecular flexibility index (Phi) is 4.22. The van der Waals surface area contributed by atoms with Crippen LogP contribution >= 0.6 is 22.6 Å². The first kappa shape index (κ1) is 14.5. The molecule has 0 aliphatic rings. The lowest BCUT2D eigenvalue weighted by Gasteiger charge is -2.20. The van der Waals surface area contributed by atoms with E-state index in [1.807, 2.05) is 49.5 Å². The second kappa shape index (κ2) is 6.12. The summed E-state index contributed by atoms with van der Waals surface area (Å²) >= 11 is 2.34. The van der Waals surface area contributed by atoms with Crippen molar-refractivity contribution in [3.63, 3.8) is 0 Å². The van der Waals surface area contributed by atoms with Gasteiger partial charge in [0.2, 0.25) is 0 Å². The quantitative estimate of drug-likeness (QED) is 0.627. The molecule has 0 saturated carbocycles. The minimum atomic E-state index is -0.174. The van der Waals surface area contributed by atoms with Crippen molar-refractivity contribution in [2.24, 2.45) is 0 Å². The molecule has 1 unspecified atom stereocenters. The third kappa shape index (κ3) is 2.68. The van der Waals surface area contributed by atoms with E-state index in [0.717, 1.165) is 10.9 Å². The van der Waals surface area contributed by atoms with E-state index in [2.05, 4.69) is 40.0 Å². The van der Waals surface area contributed by atoms with Crippen LogP contribution in [0.4, 0.5) is 4.39 Å². The Morgan fingerprint density at radius 1 is 0.857 bits per heavy atom. The van der Waals surface area contributed by atoms with Gasteiger partial charge in [-0.2, -0.15) is 0 Å². The minimum absolute atomic E-state index is 0.0450. The molecular weight excluding hydrogens is 376 g/mol. The third-order valence-electron chi connectivity index (χ3n) is 3.72. The van der Waals surface area contributed by atoms with E-state index in [1.54, 1.807) is 6.07 Å². The number of fused-ring (bicyclic) bond motifs is 1. The van der Waals surface area contributed by atoms with Crippen LogP contribution in [0.2, 0.25) is 0 Å². The van der Waals surface area contributed by atoms with Gasteiger partial charge in [-0.05, 0) is 58.3 Å². The molecule has 3 aromatic carbocycles. The third-order valence-corrected chi connectivity index (χ3v) is 4.70. The molecule has 0 aromatic heterocycles. The number of rotatable bonds is 3. The van der Waals surface area contributed by atoms with Crippen molar-refractivity contribution in [1.29, 1.82) is 0 Å². The molecule has 0 aliphatic carbocycles. The van der Waals surface area contributed by atoms with Crippen molar-refractivity contribution < 1.29 is 4.39 Å². The summed E-state index contributed by atoms with van der Waals surface area (Å²) in [5.41, 5.74) is 2.30. The molecule has 21 heavy (non-hydrogen) atoms. The molecular formula is C18H15FIN. The monoisotopic (exact) mass is 391 g/mol. The Balaban J connectivity index is 2.23. The normalized spacial score (nSPS) is 12.5. The van der Waals surface area contributed by atoms with Gasteiger partial charge in [-0.15, -0.1) is 0 Å². The van der Waals surface area contributed by atoms with Crippen molar-refractivity contribution in [3.05, 3.63) is 81.2 Å². The van der Waals surface area contributed by atoms with Crippen LogP contribution < -0.4 is 5.32 Å². The van der Waals surface area contributed by atoms with Crippen molar-refractivity contribution in [3.8, 4) is 0 Å². The lowest BCUT2D eigenvalue weighted by molar-refractivity contribution is 0.636. The van der Waals surface area contributed by atoms with Gasteiger partial charge in [0.25, 0.3) is 0 Å². The van der Waals surface area contributed by atoms with Crippen molar-refractivity contribution in [1.82, 2.24) is 5.32 Å². The fourth-order valence-electron chi connectivity index (χ4n) is 2.73. The highest BCUT2D eigenvalue weighted by atomic mass is 127. The van der Waals surface area contributed by atoms with E-state index in [0.29, 0.717) is 5.39 Å². The molecule has 3 rings (SSSR count). The maximum absolute atomic E-state index is 14.0. The second-order valence-electron chi connectivity index (χ2n) is 4.93. The molecule has 0 amide bonds. The summed E-state index contributed by atoms with van der Waals surface area (Å²) < 4.78 is 15.2. The Hall–Kier alpha value is -1.46. The molecule has 106 valence electrons. The second-order valence-corrected chi connectivity index (χ2v) is 6.09. The zero-order valence-electron chi connectivity index (χ0n) is 11.6. The van der Waals surface area contributed by atoms with Crippen LogP contribution in [0, 0.1) is 9.39 Å². The van der Waals surface area contributed by atoms with E-state index < -0.39 is 0 Å². The molecule has 3 aromatic rings. The molecule has 0 aliphatic heterocycles. The summed E-state index contributed by atoms with van der Waals surface area (Å²) in [5, 5.41) is 4.98. The van der Waals surface area contributed by atoms with E-state index in [1.165, 1.54) is 9.13 Å². The van der Waals surface area contributed by atoms with Crippen molar-refractivity contribution in [2.45, 2.75) is 6.04 Å². The zero-order valence-corrected chi connectivity index (χ0v) is 13.8. The van der Waals surface area contributed by atoms with E-state index in [4.69, 9.17) is 0 Å². The summed E-state index contributed by atoms with van der Waals surface area (Å²) in [6.45, 7) is 0. The summed E-state index contributed by atoms with van der Waals surface area (Å²) in [7, 11) is 1.94. The van der Waals surface area contributed by atoms with Gasteiger partial charge in [-0.25, -0.2) is 4.39 Å². The van der Waals surface area contributed by atoms with Crippen LogP contribution in [0.25, 0.3) is 10.8 Å². The first-order valence-electron chi connectivity index (χ1n) is 6.81. The highest BCUT2D eigenvalue weighted by Crippen LogP contribution is 2.32. The van der Waals surface area contributed by atoms with E-state index in [-0.39, 0.29) is 11.9 Å². The standard InChI is InChI=1S/C18H15FIN/c1-21-18(15-8-4-5-9-17(15)20)14-10-11-16(19)13-7-3-2-6-12(13)14/h2-11,18,21H,1H3. The summed E-state index contributed by atoms with van der Waals surface area (Å²) in [6, 6.07) is 19.4. The first-order valence-corrected chi connectivity index (χ1v) is 7.89. The van der Waals surface area contributed by atoms with Crippen LogP contribution in [-0.4, -0.2) is 7.05 Å². The molecule has 3 heteroatoms. The fourth-order valence-corrected chi connectivity index (χ4v) is 3.42. The number of halogens is 2. The highest BCUT2D eigenvalue weighted by Gasteiger charge is 2.17. The maximum atomic E-state index is 14.0. The molecule has 0 radical (unpaired) electrons. The molecule has 1 nitrogen and oxygen atoms in total. The average Bonchev–Trinajstić information content (AvgIpc) is 2.52. The Morgan fingerprint density at radius 2 is 1.52 bits per heavy atom. The van der Waals surface area contributed by atoms with Gasteiger partial charge in [0.05, 0.1) is 6.04 Å². The molecule has 1 atom stereocenters. The summed E-state index contributed by atoms with van der Waals surface area (Å²) in [6.07, 6.45) is 0. The van der Waals surface area contributed by atoms with Crippen LogP contribution in [0.3, 0.4) is 0 Å². The lowest BCUT2D eigenvalue weighted by Crippen LogP contribution is -2.19. The summed E-state index contributed by atoms with van der Waals surface area (Å²) in [4.78, 5) is 0. The number of hydrogen-bond donors (Lipinski definition) is 1. The average molecular weight is 391 g/mol. The predicted molar refractivity (Wildman–Crippen MR) is 94.0 cm³/mol. The molecule has 0 fully saturated rings. The van der Waals surface area contributed by atoms with E-state index in [9.17, 15) is 4.39 Å². The Morgan fingerprint density at radius 3 is 2.24 bits per heavy atom. The van der Waals surface area contributed by atoms with Crippen molar-refractivity contribution in [2.75, 3.05) is 7.05 Å². The van der Waals surface area contributed by atoms with Crippen LogP contribution in [0.5, 0.6) is 0 Å². The van der Waals surface area contributed by atoms with Gasteiger partial charge in [0.1, 0.15) is 5.82 Å². The number of hydrogen-bond acceptors (Lipinski definition) is 1. The van der Waals surface area contributed by atoms with Gasteiger partial charge < -0.3 is 5.32 Å². The smallest absolute Gasteiger partial charge is 0.131 e. The Bertz CT molecular complexity index is 785. The van der Waals surface area contributed by atoms with Gasteiger partial charge in [0, 0.05) is 8.96 Å². The maximum Gasteiger partial charge on any atom is 0.131 e. The topological polar surface area (TPSA) is 12.0 Å². The zero-order chi connectivity index (χ0) is 14.8. The number of nitrogens with one attached hydrogen (secondary N) is 1. The van der Waals surface area contributed by atoms with Gasteiger partial charge in [-0.3, -0.25) is 0 Å². The minimum Gasteiger partial charge on any atom is -0.309 e. The lowest BCUT2D eigenvalue weighted by atomic mass is 9.93. The SMILES string of the molecule is CNC(c1ccccc1I)c1ccc(F)c2ccccc12. The van der Waals surface area contributed by atoms with Gasteiger partial charge in [-0.1, -0.05) is 48.5 Å². The van der Waals surface area contributed by atoms with Gasteiger partial charge in [0.15, 0.2) is 0 Å². The first-order chi connectivity index (χ1) is 10.2.